The predicted molar refractivity (Wildman–Crippen MR) is 337 cm³/mol. The molecule has 6 amide bonds. The van der Waals surface area contributed by atoms with Gasteiger partial charge < -0.3 is 46.9 Å². The number of carbonyl (C=O) groups excluding carboxylic acids is 6. The van der Waals surface area contributed by atoms with Crippen molar-refractivity contribution in [3.05, 3.63) is 198 Å². The van der Waals surface area contributed by atoms with Crippen molar-refractivity contribution in [3.63, 3.8) is 0 Å². The highest BCUT2D eigenvalue weighted by molar-refractivity contribution is 7.99. The molecule has 9 N–H and O–H groups in total. The summed E-state index contributed by atoms with van der Waals surface area (Å²) in [5.41, 5.74) is 9.71. The van der Waals surface area contributed by atoms with Crippen LogP contribution in [0.5, 0.6) is 0 Å². The van der Waals surface area contributed by atoms with Crippen LogP contribution in [0.25, 0.3) is 32.7 Å². The van der Waals surface area contributed by atoms with Crippen LogP contribution in [0.2, 0.25) is 0 Å². The number of para-hydroxylation sites is 3. The molecule has 0 bridgehead atoms. The third kappa shape index (κ3) is 15.2. The first kappa shape index (κ1) is 58.5. The lowest BCUT2D eigenvalue weighted by Crippen LogP contribution is -2.44. The minimum absolute atomic E-state index is 0.123. The zero-order chi connectivity index (χ0) is 57.4. The molecule has 18 heteroatoms. The maximum Gasteiger partial charge on any atom is 0.246 e. The van der Waals surface area contributed by atoms with E-state index < -0.39 is 18.1 Å². The monoisotopic (exact) mass is 1150 g/mol. The highest BCUT2D eigenvalue weighted by Gasteiger charge is 2.26. The molecule has 0 aliphatic heterocycles. The van der Waals surface area contributed by atoms with E-state index in [0.717, 1.165) is 66.1 Å². The molecule has 3 aromatic heterocycles. The molecule has 9 aromatic rings. The number of amides is 6. The van der Waals surface area contributed by atoms with E-state index >= 15 is 0 Å². The van der Waals surface area contributed by atoms with Gasteiger partial charge in [-0.15, -0.1) is 0 Å². The number of rotatable bonds is 27. The molecule has 9 rings (SSSR count). The highest BCUT2D eigenvalue weighted by atomic mass is 32.2. The lowest BCUT2D eigenvalue weighted by Gasteiger charge is -2.22. The molecule has 15 nitrogen and oxygen atoms in total. The van der Waals surface area contributed by atoms with Crippen LogP contribution in [0, 0.1) is 0 Å². The van der Waals surface area contributed by atoms with Crippen LogP contribution in [0.3, 0.4) is 0 Å². The summed E-state index contributed by atoms with van der Waals surface area (Å²) < 4.78 is 0. The number of aromatic nitrogens is 3. The second kappa shape index (κ2) is 28.5. The topological polar surface area (TPSA) is 222 Å². The van der Waals surface area contributed by atoms with Gasteiger partial charge in [0.1, 0.15) is 18.1 Å². The van der Waals surface area contributed by atoms with Gasteiger partial charge in [-0.3, -0.25) is 28.8 Å². The van der Waals surface area contributed by atoms with Gasteiger partial charge >= 0.3 is 0 Å². The van der Waals surface area contributed by atoms with Crippen LogP contribution < -0.4 is 31.9 Å². The summed E-state index contributed by atoms with van der Waals surface area (Å²) in [6, 6.07) is 43.8. The summed E-state index contributed by atoms with van der Waals surface area (Å²) in [5, 5.41) is 20.9. The molecular weight excluding hydrogens is 1090 g/mol. The van der Waals surface area contributed by atoms with Crippen molar-refractivity contribution in [2.75, 3.05) is 52.0 Å². The standard InChI is InChI=1S/C64H67N9O6S3/c1-80-31-28-55(71-58(74)34-43-37-65-52-13-7-4-10-49(43)52)62(77)68-46-22-16-40(17-23-46)61(41-18-24-47(25-19-41)69-63(78)56(29-32-81-2)72-59(75)35-44-38-66-53-14-8-5-11-50(44)53)42-20-26-48(27-21-42)70-64(79)57(30-33-82-3)73-60(76)36-45-39-67-54-15-9-6-12-51(45)54/h4-27,37-39,55-57,61,65-67H,28-36H2,1-3H3,(H,68,77)(H,69,78)(H,70,79)(H,71,74)(H,72,75)(H,73,76)/t55-,56-,57-/m0/s1. The number of benzene rings is 6. The SMILES string of the molecule is CSCC[C@H](NC(=O)Cc1c[nH]c2ccccc12)C(=O)Nc1ccc(C(c2ccc(NC(=O)[C@H](CCSC)NC(=O)Cc3c[nH]c4ccccc34)cc2)c2ccc(NC(=O)[C@H](CCSC)NC(=O)Cc3c[nH]c4ccccc34)cc2)cc1. The van der Waals surface area contributed by atoms with Gasteiger partial charge in [0.2, 0.25) is 35.4 Å². The van der Waals surface area contributed by atoms with E-state index in [4.69, 9.17) is 0 Å². The largest absolute Gasteiger partial charge is 0.361 e. The summed E-state index contributed by atoms with van der Waals surface area (Å²) in [6.07, 6.45) is 13.1. The van der Waals surface area contributed by atoms with Crippen LogP contribution in [-0.2, 0) is 48.0 Å². The van der Waals surface area contributed by atoms with Crippen molar-refractivity contribution < 1.29 is 28.8 Å². The van der Waals surface area contributed by atoms with E-state index in [1.54, 1.807) is 35.3 Å². The van der Waals surface area contributed by atoms with E-state index in [-0.39, 0.29) is 60.6 Å². The number of fused-ring (bicyclic) bond motifs is 3. The van der Waals surface area contributed by atoms with Crippen molar-refractivity contribution >= 4 is 120 Å². The van der Waals surface area contributed by atoms with E-state index in [1.807, 2.05) is 183 Å². The second-order valence-corrected chi connectivity index (χ2v) is 23.0. The van der Waals surface area contributed by atoms with Crippen molar-refractivity contribution in [2.45, 2.75) is 62.6 Å². The fourth-order valence-electron chi connectivity index (χ4n) is 10.1. The molecule has 0 spiro atoms. The van der Waals surface area contributed by atoms with E-state index in [9.17, 15) is 28.8 Å². The maximum absolute atomic E-state index is 13.9. The number of aromatic amines is 3. The summed E-state index contributed by atoms with van der Waals surface area (Å²) >= 11 is 4.79. The zero-order valence-corrected chi connectivity index (χ0v) is 48.4. The maximum atomic E-state index is 13.9. The third-order valence-corrected chi connectivity index (χ3v) is 16.3. The van der Waals surface area contributed by atoms with Crippen molar-refractivity contribution in [1.29, 1.82) is 0 Å². The molecule has 422 valence electrons. The van der Waals surface area contributed by atoms with Gasteiger partial charge in [0.25, 0.3) is 0 Å². The Morgan fingerprint density at radius 1 is 0.378 bits per heavy atom. The van der Waals surface area contributed by atoms with Crippen LogP contribution in [0.1, 0.15) is 58.6 Å². The summed E-state index contributed by atoms with van der Waals surface area (Å²) in [6.45, 7) is 0. The fraction of sp³-hybridized carbons (Fsp3) is 0.250. The molecule has 0 aliphatic rings. The Bertz CT molecular complexity index is 3270. The Balaban J connectivity index is 0.916. The summed E-state index contributed by atoms with van der Waals surface area (Å²) in [4.78, 5) is 91.6. The van der Waals surface area contributed by atoms with Crippen molar-refractivity contribution in [3.8, 4) is 0 Å². The summed E-state index contributed by atoms with van der Waals surface area (Å²) in [7, 11) is 0. The average molecular weight is 1150 g/mol. The van der Waals surface area contributed by atoms with Gasteiger partial charge in [0.05, 0.1) is 19.3 Å². The van der Waals surface area contributed by atoms with Gasteiger partial charge in [0, 0.05) is 74.3 Å². The zero-order valence-electron chi connectivity index (χ0n) is 45.9. The first-order valence-electron chi connectivity index (χ1n) is 27.2. The first-order chi connectivity index (χ1) is 40.0. The Hall–Kier alpha value is -8.19. The van der Waals surface area contributed by atoms with E-state index in [0.29, 0.717) is 53.6 Å². The van der Waals surface area contributed by atoms with Gasteiger partial charge in [-0.1, -0.05) is 91.0 Å². The Morgan fingerprint density at radius 2 is 0.646 bits per heavy atom. The highest BCUT2D eigenvalue weighted by Crippen LogP contribution is 2.34. The number of hydrogen-bond acceptors (Lipinski definition) is 9. The van der Waals surface area contributed by atoms with Gasteiger partial charge in [-0.05, 0) is 143 Å². The number of anilines is 3. The molecule has 6 aromatic carbocycles. The molecule has 3 heterocycles. The van der Waals surface area contributed by atoms with Crippen molar-refractivity contribution in [1.82, 2.24) is 30.9 Å². The second-order valence-electron chi connectivity index (χ2n) is 20.1. The Labute approximate surface area is 489 Å². The quantitative estimate of drug-likeness (QED) is 0.0223. The number of H-pyrrole nitrogens is 3. The molecule has 0 radical (unpaired) electrons. The Kier molecular flexibility index (Phi) is 20.3. The molecule has 0 saturated heterocycles. The van der Waals surface area contributed by atoms with Crippen LogP contribution in [-0.4, -0.2) is 105 Å². The number of nitrogens with one attached hydrogen (secondary N) is 9. The van der Waals surface area contributed by atoms with Gasteiger partial charge in [-0.25, -0.2) is 0 Å². The predicted octanol–water partition coefficient (Wildman–Crippen LogP) is 10.6. The number of carbonyl (C=O) groups is 6. The van der Waals surface area contributed by atoms with E-state index in [2.05, 4.69) is 46.9 Å². The number of hydrogen-bond donors (Lipinski definition) is 9. The molecular formula is C64H67N9O6S3. The summed E-state index contributed by atoms with van der Waals surface area (Å²) in [5.74, 6) is -0.0760. The fourth-order valence-corrected chi connectivity index (χ4v) is 11.6. The lowest BCUT2D eigenvalue weighted by molar-refractivity contribution is -0.126. The third-order valence-electron chi connectivity index (χ3n) is 14.4. The Morgan fingerprint density at radius 3 is 0.915 bits per heavy atom. The minimum Gasteiger partial charge on any atom is -0.361 e. The molecule has 82 heavy (non-hydrogen) atoms. The molecule has 0 saturated carbocycles. The van der Waals surface area contributed by atoms with E-state index in [1.165, 1.54) is 0 Å². The first-order valence-corrected chi connectivity index (χ1v) is 31.4. The van der Waals surface area contributed by atoms with Gasteiger partial charge in [0.15, 0.2) is 0 Å². The smallest absolute Gasteiger partial charge is 0.246 e. The minimum atomic E-state index is -0.764. The average Bonchev–Trinajstić information content (AvgIpc) is 4.37. The van der Waals surface area contributed by atoms with Crippen LogP contribution in [0.4, 0.5) is 17.1 Å². The number of thioether (sulfide) groups is 3. The molecule has 0 unspecified atom stereocenters. The van der Waals surface area contributed by atoms with Crippen molar-refractivity contribution in [2.24, 2.45) is 0 Å². The van der Waals surface area contributed by atoms with Gasteiger partial charge in [-0.2, -0.15) is 35.3 Å². The van der Waals surface area contributed by atoms with Crippen LogP contribution in [0.15, 0.2) is 164 Å². The molecule has 3 atom stereocenters. The van der Waals surface area contributed by atoms with Crippen LogP contribution >= 0.6 is 35.3 Å². The lowest BCUT2D eigenvalue weighted by atomic mass is 9.85. The molecule has 0 aliphatic carbocycles. The molecule has 0 fully saturated rings. The normalized spacial score (nSPS) is 12.4.